The Labute approximate surface area is 206 Å². The Morgan fingerprint density at radius 1 is 1.15 bits per heavy atom. The van der Waals surface area contributed by atoms with Gasteiger partial charge in [0.2, 0.25) is 5.56 Å². The van der Waals surface area contributed by atoms with E-state index in [2.05, 4.69) is 21.8 Å². The van der Waals surface area contributed by atoms with E-state index in [0.29, 0.717) is 28.1 Å². The third kappa shape index (κ3) is 6.18. The number of allylic oxidation sites excluding steroid dienone is 1. The maximum Gasteiger partial charge on any atom is 0.329 e. The Morgan fingerprint density at radius 3 is 2.71 bits per heavy atom. The average molecular weight is 495 g/mol. The van der Waals surface area contributed by atoms with Crippen LogP contribution in [0.15, 0.2) is 82.5 Å². The maximum absolute atomic E-state index is 13.0. The monoisotopic (exact) mass is 494 g/mol. The normalized spacial score (nSPS) is 13.9. The highest BCUT2D eigenvalue weighted by Crippen LogP contribution is 2.19. The summed E-state index contributed by atoms with van der Waals surface area (Å²) in [4.78, 5) is 40.9. The maximum atomic E-state index is 13.0. The van der Waals surface area contributed by atoms with E-state index in [9.17, 15) is 14.4 Å². The molecule has 1 aromatic heterocycles. The van der Waals surface area contributed by atoms with Crippen molar-refractivity contribution in [1.82, 2.24) is 10.3 Å². The minimum absolute atomic E-state index is 0.112. The number of hydrogen-bond donors (Lipinski definition) is 2. The summed E-state index contributed by atoms with van der Waals surface area (Å²) in [5.74, 6) is -0.0477. The lowest BCUT2D eigenvalue weighted by molar-refractivity contribution is -0.145. The minimum Gasteiger partial charge on any atom is -0.464 e. The number of H-pyrrole nitrogens is 1. The van der Waals surface area contributed by atoms with Crippen molar-refractivity contribution < 1.29 is 14.3 Å². The van der Waals surface area contributed by atoms with Crippen LogP contribution in [0.4, 0.5) is 0 Å². The van der Waals surface area contributed by atoms with Crippen molar-refractivity contribution in [3.63, 3.8) is 0 Å². The molecule has 0 bridgehead atoms. The number of esters is 1. The third-order valence-corrected chi connectivity index (χ3v) is 6.46. The molecule has 1 unspecified atom stereocenters. The molecule has 6 nitrogen and oxygen atoms in total. The fourth-order valence-electron chi connectivity index (χ4n) is 3.66. The number of carbonyl (C=O) groups excluding carboxylic acids is 2. The number of amides is 1. The number of benzene rings is 2. The van der Waals surface area contributed by atoms with Crippen molar-refractivity contribution in [1.29, 1.82) is 0 Å². The summed E-state index contributed by atoms with van der Waals surface area (Å²) in [7, 11) is 0. The molecule has 0 spiro atoms. The molecule has 3 aromatic rings. The van der Waals surface area contributed by atoms with E-state index in [1.165, 1.54) is 6.07 Å². The van der Waals surface area contributed by atoms with Gasteiger partial charge in [-0.25, -0.2) is 4.79 Å². The Balaban J connectivity index is 1.54. The first-order valence-electron chi connectivity index (χ1n) is 10.8. The zero-order valence-electron chi connectivity index (χ0n) is 18.3. The zero-order valence-corrected chi connectivity index (χ0v) is 19.8. The molecule has 2 aromatic carbocycles. The third-order valence-electron chi connectivity index (χ3n) is 5.35. The Morgan fingerprint density at radius 2 is 1.94 bits per heavy atom. The lowest BCUT2D eigenvalue weighted by atomic mass is 10.0. The van der Waals surface area contributed by atoms with Crippen molar-refractivity contribution in [2.45, 2.75) is 18.9 Å². The van der Waals surface area contributed by atoms with Crippen molar-refractivity contribution in [3.8, 4) is 0 Å². The molecule has 2 heterocycles. The number of thioether (sulfide) groups is 1. The largest absolute Gasteiger partial charge is 0.464 e. The number of hydrogen-bond acceptors (Lipinski definition) is 5. The number of para-hydroxylation sites is 1. The van der Waals surface area contributed by atoms with Crippen LogP contribution in [0.5, 0.6) is 0 Å². The van der Waals surface area contributed by atoms with Crippen LogP contribution in [0.1, 0.15) is 22.3 Å². The molecule has 1 aliphatic heterocycles. The second kappa shape index (κ2) is 11.2. The predicted octanol–water partition coefficient (Wildman–Crippen LogP) is 4.64. The minimum atomic E-state index is -0.973. The lowest BCUT2D eigenvalue weighted by Crippen LogP contribution is -2.43. The van der Waals surface area contributed by atoms with Crippen LogP contribution in [-0.4, -0.2) is 35.3 Å². The molecule has 4 rings (SSSR count). The molecule has 1 amide bonds. The first-order valence-corrected chi connectivity index (χ1v) is 12.2. The smallest absolute Gasteiger partial charge is 0.329 e. The van der Waals surface area contributed by atoms with Crippen molar-refractivity contribution in [2.75, 3.05) is 12.4 Å². The van der Waals surface area contributed by atoms with Crippen LogP contribution in [-0.2, 0) is 16.0 Å². The van der Waals surface area contributed by atoms with E-state index < -0.39 is 17.9 Å². The van der Waals surface area contributed by atoms with Crippen molar-refractivity contribution in [2.24, 2.45) is 0 Å². The molecule has 0 saturated carbocycles. The predicted molar refractivity (Wildman–Crippen MR) is 136 cm³/mol. The van der Waals surface area contributed by atoms with Crippen molar-refractivity contribution in [3.05, 3.63) is 104 Å². The summed E-state index contributed by atoms with van der Waals surface area (Å²) in [6.07, 6.45) is 4.78. The SMILES string of the molecule is O=C(NC(Cc1cc(=O)[nH]c2ccccc12)C(=O)OCCC1=CSCC=C1)c1ccc(Cl)cc1. The molecule has 8 heteroatoms. The number of ether oxygens (including phenoxy) is 1. The first-order chi connectivity index (χ1) is 16.5. The first kappa shape index (κ1) is 23.9. The fourth-order valence-corrected chi connectivity index (χ4v) is 4.50. The van der Waals surface area contributed by atoms with Gasteiger partial charge in [0.05, 0.1) is 6.61 Å². The Kier molecular flexibility index (Phi) is 7.87. The Bertz CT molecular complexity index is 1310. The quantitative estimate of drug-likeness (QED) is 0.445. The highest BCUT2D eigenvalue weighted by Gasteiger charge is 2.25. The number of aromatic nitrogens is 1. The number of pyridine rings is 1. The summed E-state index contributed by atoms with van der Waals surface area (Å²) >= 11 is 7.61. The van der Waals surface area contributed by atoms with Gasteiger partial charge in [-0.1, -0.05) is 42.0 Å². The summed E-state index contributed by atoms with van der Waals surface area (Å²) < 4.78 is 5.53. The van der Waals surface area contributed by atoms with Crippen LogP contribution in [0, 0.1) is 0 Å². The van der Waals surface area contributed by atoms with Gasteiger partial charge in [-0.3, -0.25) is 9.59 Å². The van der Waals surface area contributed by atoms with E-state index in [1.54, 1.807) is 42.1 Å². The Hall–Kier alpha value is -3.29. The van der Waals surface area contributed by atoms with Gasteiger partial charge >= 0.3 is 5.97 Å². The van der Waals surface area contributed by atoms with Gasteiger partial charge in [-0.2, -0.15) is 0 Å². The molecule has 34 heavy (non-hydrogen) atoms. The molecule has 0 aliphatic carbocycles. The molecule has 1 atom stereocenters. The molecule has 0 fully saturated rings. The van der Waals surface area contributed by atoms with Crippen LogP contribution >= 0.6 is 23.4 Å². The number of nitrogens with one attached hydrogen (secondary N) is 2. The molecule has 2 N–H and O–H groups in total. The van der Waals surface area contributed by atoms with Gasteiger partial charge in [0.15, 0.2) is 0 Å². The highest BCUT2D eigenvalue weighted by atomic mass is 35.5. The molecule has 174 valence electrons. The van der Waals surface area contributed by atoms with Gasteiger partial charge in [0.25, 0.3) is 5.91 Å². The van der Waals surface area contributed by atoms with Crippen LogP contribution in [0.25, 0.3) is 10.9 Å². The summed E-state index contributed by atoms with van der Waals surface area (Å²) in [6.45, 7) is 0.193. The number of halogens is 1. The second-order valence-corrected chi connectivity index (χ2v) is 9.13. The summed E-state index contributed by atoms with van der Waals surface area (Å²) in [6, 6.07) is 14.2. The lowest BCUT2D eigenvalue weighted by Gasteiger charge is -2.19. The number of rotatable bonds is 8. The van der Waals surface area contributed by atoms with Gasteiger partial charge in [-0.05, 0) is 46.9 Å². The standard InChI is InChI=1S/C26H23ClN2O4S/c27-20-9-7-18(8-10-20)25(31)29-23(26(32)33-12-11-17-4-3-13-34-16-17)14-19-15-24(30)28-22-6-2-1-5-21(19)22/h1-10,15-16,23H,11-14H2,(H,28,30)(H,29,31). The van der Waals surface area contributed by atoms with Crippen LogP contribution < -0.4 is 10.9 Å². The van der Waals surface area contributed by atoms with Gasteiger partial charge in [0.1, 0.15) is 6.04 Å². The van der Waals surface area contributed by atoms with Gasteiger partial charge in [0, 0.05) is 46.1 Å². The number of aromatic amines is 1. The molecular formula is C26H23ClN2O4S. The molecule has 1 aliphatic rings. The van der Waals surface area contributed by atoms with Crippen LogP contribution in [0.2, 0.25) is 5.02 Å². The van der Waals surface area contributed by atoms with E-state index in [0.717, 1.165) is 16.7 Å². The number of carbonyl (C=O) groups is 2. The van der Waals surface area contributed by atoms with E-state index in [1.807, 2.05) is 24.3 Å². The van der Waals surface area contributed by atoms with Crippen molar-refractivity contribution >= 4 is 46.1 Å². The van der Waals surface area contributed by atoms with Gasteiger partial charge < -0.3 is 15.0 Å². The van der Waals surface area contributed by atoms with E-state index >= 15 is 0 Å². The van der Waals surface area contributed by atoms with E-state index in [-0.39, 0.29) is 18.6 Å². The zero-order chi connectivity index (χ0) is 23.9. The highest BCUT2D eigenvalue weighted by molar-refractivity contribution is 8.02. The number of fused-ring (bicyclic) bond motifs is 1. The second-order valence-electron chi connectivity index (χ2n) is 7.79. The molecule has 0 radical (unpaired) electrons. The van der Waals surface area contributed by atoms with Gasteiger partial charge in [-0.15, -0.1) is 11.8 Å². The fraction of sp³-hybridized carbons (Fsp3) is 0.192. The van der Waals surface area contributed by atoms with E-state index in [4.69, 9.17) is 16.3 Å². The summed E-state index contributed by atoms with van der Waals surface area (Å²) in [5, 5.41) is 6.13. The molecular weight excluding hydrogens is 472 g/mol. The molecule has 0 saturated heterocycles. The average Bonchev–Trinajstić information content (AvgIpc) is 2.84. The van der Waals surface area contributed by atoms with Crippen LogP contribution in [0.3, 0.4) is 0 Å². The topological polar surface area (TPSA) is 88.3 Å². The summed E-state index contributed by atoms with van der Waals surface area (Å²) in [5.41, 5.74) is 2.49.